The zero-order chi connectivity index (χ0) is 19.4. The number of benzene rings is 2. The molecule has 1 N–H and O–H groups in total. The molecule has 27 heavy (non-hydrogen) atoms. The minimum atomic E-state index is -3.35. The van der Waals surface area contributed by atoms with Crippen LogP contribution in [0.25, 0.3) is 0 Å². The van der Waals surface area contributed by atoms with Crippen molar-refractivity contribution < 1.29 is 22.7 Å². The maximum atomic E-state index is 12.2. The molecule has 1 amide bonds. The van der Waals surface area contributed by atoms with Crippen LogP contribution >= 0.6 is 0 Å². The molecule has 0 bridgehead atoms. The first-order valence-electron chi connectivity index (χ1n) is 8.57. The van der Waals surface area contributed by atoms with Crippen molar-refractivity contribution in [2.45, 2.75) is 13.3 Å². The van der Waals surface area contributed by atoms with E-state index in [1.165, 1.54) is 11.4 Å². The smallest absolute Gasteiger partial charge is 0.262 e. The lowest BCUT2D eigenvalue weighted by molar-refractivity contribution is -0.118. The van der Waals surface area contributed by atoms with Gasteiger partial charge in [-0.3, -0.25) is 9.10 Å². The maximum absolute atomic E-state index is 12.2. The van der Waals surface area contributed by atoms with Gasteiger partial charge in [-0.05, 0) is 43.7 Å². The second-order valence-electron chi connectivity index (χ2n) is 6.28. The number of anilines is 2. The molecule has 1 saturated heterocycles. The Morgan fingerprint density at radius 3 is 2.56 bits per heavy atom. The van der Waals surface area contributed by atoms with Crippen molar-refractivity contribution in [2.24, 2.45) is 0 Å². The normalized spacial score (nSPS) is 15.4. The van der Waals surface area contributed by atoms with Crippen LogP contribution in [0.5, 0.6) is 11.5 Å². The van der Waals surface area contributed by atoms with Crippen LogP contribution in [-0.4, -0.2) is 40.3 Å². The zero-order valence-corrected chi connectivity index (χ0v) is 16.1. The largest absolute Gasteiger partial charge is 0.495 e. The van der Waals surface area contributed by atoms with E-state index < -0.39 is 10.0 Å². The summed E-state index contributed by atoms with van der Waals surface area (Å²) in [5, 5.41) is 2.73. The van der Waals surface area contributed by atoms with Gasteiger partial charge in [0.2, 0.25) is 10.0 Å². The fourth-order valence-electron chi connectivity index (χ4n) is 2.85. The molecule has 0 unspecified atom stereocenters. The van der Waals surface area contributed by atoms with Crippen molar-refractivity contribution in [3.63, 3.8) is 0 Å². The van der Waals surface area contributed by atoms with Crippen LogP contribution < -0.4 is 19.1 Å². The van der Waals surface area contributed by atoms with Gasteiger partial charge in [-0.25, -0.2) is 8.42 Å². The first kappa shape index (κ1) is 19.0. The molecule has 0 spiro atoms. The third-order valence-corrected chi connectivity index (χ3v) is 6.08. The lowest BCUT2D eigenvalue weighted by Crippen LogP contribution is -2.26. The second kappa shape index (κ2) is 7.87. The average Bonchev–Trinajstić information content (AvgIpc) is 3.00. The van der Waals surface area contributed by atoms with Crippen LogP contribution in [0.2, 0.25) is 0 Å². The number of ether oxygens (including phenoxy) is 2. The van der Waals surface area contributed by atoms with E-state index in [4.69, 9.17) is 9.47 Å². The summed E-state index contributed by atoms with van der Waals surface area (Å²) >= 11 is 0. The predicted molar refractivity (Wildman–Crippen MR) is 104 cm³/mol. The fraction of sp³-hybridized carbons (Fsp3) is 0.316. The van der Waals surface area contributed by atoms with Gasteiger partial charge in [0.1, 0.15) is 11.5 Å². The molecule has 1 heterocycles. The number of hydrogen-bond acceptors (Lipinski definition) is 5. The molecule has 8 heteroatoms. The van der Waals surface area contributed by atoms with E-state index in [1.54, 1.807) is 30.3 Å². The number of carbonyl (C=O) groups is 1. The van der Waals surface area contributed by atoms with Gasteiger partial charge in [0.25, 0.3) is 5.91 Å². The van der Waals surface area contributed by atoms with Gasteiger partial charge in [0.15, 0.2) is 6.61 Å². The number of carbonyl (C=O) groups excluding carboxylic acids is 1. The van der Waals surface area contributed by atoms with Gasteiger partial charge in [-0.1, -0.05) is 17.7 Å². The molecule has 3 rings (SSSR count). The Hall–Kier alpha value is -2.74. The molecular weight excluding hydrogens is 368 g/mol. The van der Waals surface area contributed by atoms with Gasteiger partial charge in [0.05, 0.1) is 18.6 Å². The highest BCUT2D eigenvalue weighted by Gasteiger charge is 2.30. The Morgan fingerprint density at radius 2 is 1.93 bits per heavy atom. The number of aryl methyl sites for hydroxylation is 1. The summed E-state index contributed by atoms with van der Waals surface area (Å²) in [6.07, 6.45) is 0.562. The number of hydrogen-bond donors (Lipinski definition) is 1. The molecule has 2 aromatic rings. The highest BCUT2D eigenvalue weighted by molar-refractivity contribution is 7.93. The number of amides is 1. The van der Waals surface area contributed by atoms with Crippen molar-refractivity contribution in [3.8, 4) is 11.5 Å². The van der Waals surface area contributed by atoms with Crippen LogP contribution in [0.15, 0.2) is 42.5 Å². The molecule has 1 aliphatic rings. The quantitative estimate of drug-likeness (QED) is 0.819. The van der Waals surface area contributed by atoms with E-state index in [9.17, 15) is 13.2 Å². The van der Waals surface area contributed by atoms with Crippen LogP contribution in [0.4, 0.5) is 11.4 Å². The summed E-state index contributed by atoms with van der Waals surface area (Å²) in [6, 6.07) is 12.3. The molecule has 7 nitrogen and oxygen atoms in total. The number of methoxy groups -OCH3 is 1. The SMILES string of the molecule is COc1ccc(NC(=O)COc2ccc(C)cc2)cc1N1CCCS1(=O)=O. The number of nitrogens with zero attached hydrogens (tertiary/aromatic N) is 1. The Morgan fingerprint density at radius 1 is 1.19 bits per heavy atom. The molecule has 0 atom stereocenters. The molecule has 2 aromatic carbocycles. The summed E-state index contributed by atoms with van der Waals surface area (Å²) in [4.78, 5) is 12.2. The summed E-state index contributed by atoms with van der Waals surface area (Å²) < 4.78 is 36.5. The predicted octanol–water partition coefficient (Wildman–Crippen LogP) is 2.56. The average molecular weight is 390 g/mol. The highest BCUT2D eigenvalue weighted by atomic mass is 32.2. The van der Waals surface area contributed by atoms with Crippen LogP contribution in [0.3, 0.4) is 0 Å². The minimum Gasteiger partial charge on any atom is -0.495 e. The van der Waals surface area contributed by atoms with Gasteiger partial charge in [-0.15, -0.1) is 0 Å². The van der Waals surface area contributed by atoms with Crippen LogP contribution in [-0.2, 0) is 14.8 Å². The fourth-order valence-corrected chi connectivity index (χ4v) is 4.42. The molecule has 0 radical (unpaired) electrons. The summed E-state index contributed by atoms with van der Waals surface area (Å²) in [7, 11) is -1.87. The van der Waals surface area contributed by atoms with E-state index in [2.05, 4.69) is 5.32 Å². The Kier molecular flexibility index (Phi) is 5.55. The van der Waals surface area contributed by atoms with Crippen molar-refractivity contribution in [2.75, 3.05) is 35.6 Å². The van der Waals surface area contributed by atoms with E-state index in [-0.39, 0.29) is 18.3 Å². The van der Waals surface area contributed by atoms with E-state index in [1.807, 2.05) is 19.1 Å². The van der Waals surface area contributed by atoms with Crippen molar-refractivity contribution in [3.05, 3.63) is 48.0 Å². The Labute approximate surface area is 158 Å². The third-order valence-electron chi connectivity index (χ3n) is 4.22. The first-order valence-corrected chi connectivity index (χ1v) is 10.2. The van der Waals surface area contributed by atoms with Gasteiger partial charge >= 0.3 is 0 Å². The monoisotopic (exact) mass is 390 g/mol. The standard InChI is InChI=1S/C19H22N2O5S/c1-14-4-7-16(8-5-14)26-13-19(22)20-15-6-9-18(25-2)17(12-15)21-10-3-11-27(21,23)24/h4-9,12H,3,10-11,13H2,1-2H3,(H,20,22). The molecule has 144 valence electrons. The molecule has 0 aliphatic carbocycles. The minimum absolute atomic E-state index is 0.108. The summed E-state index contributed by atoms with van der Waals surface area (Å²) in [6.45, 7) is 2.22. The third kappa shape index (κ3) is 4.51. The number of rotatable bonds is 6. The lowest BCUT2D eigenvalue weighted by atomic mass is 10.2. The van der Waals surface area contributed by atoms with Gasteiger partial charge in [0, 0.05) is 12.2 Å². The van der Waals surface area contributed by atoms with E-state index >= 15 is 0 Å². The van der Waals surface area contributed by atoms with E-state index in [0.717, 1.165) is 5.56 Å². The molecule has 1 aliphatic heterocycles. The zero-order valence-electron chi connectivity index (χ0n) is 15.3. The van der Waals surface area contributed by atoms with Gasteiger partial charge < -0.3 is 14.8 Å². The molecule has 1 fully saturated rings. The maximum Gasteiger partial charge on any atom is 0.262 e. The summed E-state index contributed by atoms with van der Waals surface area (Å²) in [5.74, 6) is 0.816. The van der Waals surface area contributed by atoms with Crippen molar-refractivity contribution in [1.29, 1.82) is 0 Å². The van der Waals surface area contributed by atoms with E-state index in [0.29, 0.717) is 35.8 Å². The molecule has 0 saturated carbocycles. The molecule has 0 aromatic heterocycles. The lowest BCUT2D eigenvalue weighted by Gasteiger charge is -2.20. The number of nitrogens with one attached hydrogen (secondary N) is 1. The van der Waals surface area contributed by atoms with Crippen molar-refractivity contribution >= 4 is 27.3 Å². The van der Waals surface area contributed by atoms with Crippen LogP contribution in [0, 0.1) is 6.92 Å². The van der Waals surface area contributed by atoms with Crippen LogP contribution in [0.1, 0.15) is 12.0 Å². The molecular formula is C19H22N2O5S. The summed E-state index contributed by atoms with van der Waals surface area (Å²) in [5.41, 5.74) is 2.01. The second-order valence-corrected chi connectivity index (χ2v) is 8.29. The van der Waals surface area contributed by atoms with Crippen molar-refractivity contribution in [1.82, 2.24) is 0 Å². The Balaban J connectivity index is 1.70. The Bertz CT molecular complexity index is 926. The highest BCUT2D eigenvalue weighted by Crippen LogP contribution is 2.35. The first-order chi connectivity index (χ1) is 12.9. The van der Waals surface area contributed by atoms with Gasteiger partial charge in [-0.2, -0.15) is 0 Å². The number of sulfonamides is 1. The topological polar surface area (TPSA) is 84.9 Å².